The number of hydrogen-bond acceptors (Lipinski definition) is 3. The van der Waals surface area contributed by atoms with Crippen LogP contribution in [0.3, 0.4) is 0 Å². The van der Waals surface area contributed by atoms with Gasteiger partial charge in [-0.3, -0.25) is 4.79 Å². The summed E-state index contributed by atoms with van der Waals surface area (Å²) >= 11 is 0. The van der Waals surface area contributed by atoms with E-state index in [0.717, 1.165) is 17.7 Å². The van der Waals surface area contributed by atoms with Crippen molar-refractivity contribution >= 4 is 11.6 Å². The maximum absolute atomic E-state index is 12.6. The van der Waals surface area contributed by atoms with E-state index in [9.17, 15) is 4.79 Å². The van der Waals surface area contributed by atoms with Gasteiger partial charge in [0.15, 0.2) is 0 Å². The average molecular weight is 325 g/mol. The lowest BCUT2D eigenvalue weighted by molar-refractivity contribution is 0.102. The molecule has 0 radical (unpaired) electrons. The highest BCUT2D eigenvalue weighted by molar-refractivity contribution is 6.06. The molecule has 0 aliphatic heterocycles. The number of amides is 1. The Morgan fingerprint density at radius 3 is 2.67 bits per heavy atom. The number of para-hydroxylation sites is 1. The van der Waals surface area contributed by atoms with Crippen LogP contribution in [0.4, 0.5) is 5.69 Å². The first-order valence-corrected chi connectivity index (χ1v) is 8.00. The van der Waals surface area contributed by atoms with E-state index >= 15 is 0 Å². The highest BCUT2D eigenvalue weighted by Gasteiger charge is 2.12. The number of carbonyl (C=O) groups is 1. The number of carbonyl (C=O) groups excluding carboxylic acids is 1. The van der Waals surface area contributed by atoms with Gasteiger partial charge in [0.05, 0.1) is 12.2 Å². The monoisotopic (exact) mass is 325 g/mol. The van der Waals surface area contributed by atoms with Crippen molar-refractivity contribution in [1.29, 1.82) is 0 Å². The number of rotatable bonds is 8. The van der Waals surface area contributed by atoms with Gasteiger partial charge in [-0.15, -0.1) is 0 Å². The molecule has 0 spiro atoms. The molecule has 0 fully saturated rings. The molecule has 0 unspecified atom stereocenters. The second kappa shape index (κ2) is 8.77. The van der Waals surface area contributed by atoms with Gasteiger partial charge in [-0.05, 0) is 43.2 Å². The Hall–Kier alpha value is -2.75. The molecule has 2 aromatic carbocycles. The van der Waals surface area contributed by atoms with Gasteiger partial charge in [0, 0.05) is 11.8 Å². The molecule has 1 N–H and O–H groups in total. The minimum absolute atomic E-state index is 0.222. The summed E-state index contributed by atoms with van der Waals surface area (Å²) in [5.41, 5.74) is 2.06. The number of ether oxygens (including phenoxy) is 2. The summed E-state index contributed by atoms with van der Waals surface area (Å²) in [6, 6.07) is 14.5. The lowest BCUT2D eigenvalue weighted by Gasteiger charge is -2.12. The summed E-state index contributed by atoms with van der Waals surface area (Å²) in [4.78, 5) is 12.6. The van der Waals surface area contributed by atoms with Crippen molar-refractivity contribution in [2.45, 2.75) is 20.3 Å². The van der Waals surface area contributed by atoms with E-state index < -0.39 is 0 Å². The summed E-state index contributed by atoms with van der Waals surface area (Å²) < 4.78 is 11.2. The smallest absolute Gasteiger partial charge is 0.259 e. The Bertz CT molecular complexity index is 710. The summed E-state index contributed by atoms with van der Waals surface area (Å²) in [7, 11) is 0. The van der Waals surface area contributed by atoms with E-state index in [-0.39, 0.29) is 5.91 Å². The molecule has 0 atom stereocenters. The summed E-state index contributed by atoms with van der Waals surface area (Å²) in [6.07, 6.45) is 0.935. The van der Waals surface area contributed by atoms with Crippen LogP contribution in [0, 0.1) is 0 Å². The molecule has 4 heteroatoms. The van der Waals surface area contributed by atoms with Crippen LogP contribution >= 0.6 is 0 Å². The standard InChI is InChI=1S/C20H23NO3/c1-4-12-23-17-9-7-8-16(13-17)21-20(22)18-10-5-6-11-19(18)24-14-15(2)3/h5-11,13H,2,4,12,14H2,1,3H3,(H,21,22). The molecule has 24 heavy (non-hydrogen) atoms. The molecule has 0 aliphatic carbocycles. The van der Waals surface area contributed by atoms with Gasteiger partial charge >= 0.3 is 0 Å². The van der Waals surface area contributed by atoms with Gasteiger partial charge in [-0.1, -0.05) is 31.7 Å². The molecule has 0 aliphatic rings. The number of nitrogens with one attached hydrogen (secondary N) is 1. The average Bonchev–Trinajstić information content (AvgIpc) is 2.58. The van der Waals surface area contributed by atoms with Gasteiger partial charge in [-0.25, -0.2) is 0 Å². The molecule has 2 rings (SSSR count). The molecule has 0 bridgehead atoms. The summed E-state index contributed by atoms with van der Waals surface area (Å²) in [6.45, 7) is 8.76. The Kier molecular flexibility index (Phi) is 6.43. The largest absolute Gasteiger partial charge is 0.494 e. The normalized spacial score (nSPS) is 10.1. The molecular weight excluding hydrogens is 302 g/mol. The predicted molar refractivity (Wildman–Crippen MR) is 96.9 cm³/mol. The predicted octanol–water partition coefficient (Wildman–Crippen LogP) is 4.68. The van der Waals surface area contributed by atoms with Crippen LogP contribution in [-0.4, -0.2) is 19.1 Å². The first kappa shape index (κ1) is 17.6. The number of hydrogen-bond donors (Lipinski definition) is 1. The minimum Gasteiger partial charge on any atom is -0.494 e. The lowest BCUT2D eigenvalue weighted by atomic mass is 10.1. The van der Waals surface area contributed by atoms with Crippen LogP contribution in [0.1, 0.15) is 30.6 Å². The first-order valence-electron chi connectivity index (χ1n) is 8.00. The van der Waals surface area contributed by atoms with E-state index in [0.29, 0.717) is 30.2 Å². The summed E-state index contributed by atoms with van der Waals surface area (Å²) in [5, 5.41) is 2.88. The van der Waals surface area contributed by atoms with Crippen LogP contribution in [-0.2, 0) is 0 Å². The highest BCUT2D eigenvalue weighted by atomic mass is 16.5. The fraction of sp³-hybridized carbons (Fsp3) is 0.250. The zero-order valence-corrected chi connectivity index (χ0v) is 14.2. The van der Waals surface area contributed by atoms with E-state index in [1.807, 2.05) is 50.2 Å². The van der Waals surface area contributed by atoms with Gasteiger partial charge in [0.25, 0.3) is 5.91 Å². The van der Waals surface area contributed by atoms with Gasteiger partial charge < -0.3 is 14.8 Å². The van der Waals surface area contributed by atoms with Crippen molar-refractivity contribution in [3.8, 4) is 11.5 Å². The summed E-state index contributed by atoms with van der Waals surface area (Å²) in [5.74, 6) is 1.05. The third-order valence-electron chi connectivity index (χ3n) is 3.17. The van der Waals surface area contributed by atoms with E-state index in [1.54, 1.807) is 12.1 Å². The second-order valence-corrected chi connectivity index (χ2v) is 5.57. The maximum atomic E-state index is 12.6. The van der Waals surface area contributed by atoms with Crippen LogP contribution in [0.15, 0.2) is 60.7 Å². The van der Waals surface area contributed by atoms with Crippen LogP contribution < -0.4 is 14.8 Å². The van der Waals surface area contributed by atoms with E-state index in [4.69, 9.17) is 9.47 Å². The van der Waals surface area contributed by atoms with Crippen molar-refractivity contribution in [1.82, 2.24) is 0 Å². The SMILES string of the molecule is C=C(C)COc1ccccc1C(=O)Nc1cccc(OCCC)c1. The Balaban J connectivity index is 2.11. The van der Waals surface area contributed by atoms with Crippen molar-refractivity contribution in [3.05, 3.63) is 66.2 Å². The van der Waals surface area contributed by atoms with E-state index in [1.165, 1.54) is 0 Å². The van der Waals surface area contributed by atoms with Gasteiger partial charge in [0.2, 0.25) is 0 Å². The topological polar surface area (TPSA) is 47.6 Å². The maximum Gasteiger partial charge on any atom is 0.259 e. The van der Waals surface area contributed by atoms with Crippen LogP contribution in [0.5, 0.6) is 11.5 Å². The fourth-order valence-corrected chi connectivity index (χ4v) is 2.06. The molecule has 0 aromatic heterocycles. The third kappa shape index (κ3) is 5.16. The molecule has 4 nitrogen and oxygen atoms in total. The first-order chi connectivity index (χ1) is 11.6. The quantitative estimate of drug-likeness (QED) is 0.717. The zero-order chi connectivity index (χ0) is 17.4. The fourth-order valence-electron chi connectivity index (χ4n) is 2.06. The third-order valence-corrected chi connectivity index (χ3v) is 3.17. The van der Waals surface area contributed by atoms with Gasteiger partial charge in [-0.2, -0.15) is 0 Å². The highest BCUT2D eigenvalue weighted by Crippen LogP contribution is 2.22. The lowest BCUT2D eigenvalue weighted by Crippen LogP contribution is -2.14. The van der Waals surface area contributed by atoms with Crippen LogP contribution in [0.2, 0.25) is 0 Å². The Morgan fingerprint density at radius 1 is 1.12 bits per heavy atom. The van der Waals surface area contributed by atoms with Gasteiger partial charge in [0.1, 0.15) is 18.1 Å². The van der Waals surface area contributed by atoms with Crippen molar-refractivity contribution in [2.24, 2.45) is 0 Å². The molecule has 0 saturated carbocycles. The van der Waals surface area contributed by atoms with E-state index in [2.05, 4.69) is 11.9 Å². The molecule has 2 aromatic rings. The molecule has 1 amide bonds. The molecule has 0 saturated heterocycles. The zero-order valence-electron chi connectivity index (χ0n) is 14.2. The molecule has 126 valence electrons. The second-order valence-electron chi connectivity index (χ2n) is 5.57. The minimum atomic E-state index is -0.222. The van der Waals surface area contributed by atoms with Crippen molar-refractivity contribution < 1.29 is 14.3 Å². The Morgan fingerprint density at radius 2 is 1.92 bits per heavy atom. The molecular formula is C20H23NO3. The number of benzene rings is 2. The Labute approximate surface area is 143 Å². The molecule has 0 heterocycles. The number of anilines is 1. The van der Waals surface area contributed by atoms with Crippen molar-refractivity contribution in [2.75, 3.05) is 18.5 Å². The van der Waals surface area contributed by atoms with Crippen molar-refractivity contribution in [3.63, 3.8) is 0 Å². The van der Waals surface area contributed by atoms with Crippen LogP contribution in [0.25, 0.3) is 0 Å².